The second-order valence-electron chi connectivity index (χ2n) is 3.56. The quantitative estimate of drug-likeness (QED) is 0.694. The van der Waals surface area contributed by atoms with Crippen LogP contribution in [0.5, 0.6) is 0 Å². The molecule has 82 valence electrons. The van der Waals surface area contributed by atoms with Crippen LogP contribution < -0.4 is 0 Å². The molecule has 0 radical (unpaired) electrons. The Kier molecular flexibility index (Phi) is 5.19. The molecule has 0 fully saturated rings. The van der Waals surface area contributed by atoms with Crippen molar-refractivity contribution in [1.29, 1.82) is 0 Å². The minimum Gasteiger partial charge on any atom is -0.480 e. The Hall–Kier alpha value is -0.510. The highest BCUT2D eigenvalue weighted by molar-refractivity contribution is 7.99. The highest BCUT2D eigenvalue weighted by Gasteiger charge is 2.44. The van der Waals surface area contributed by atoms with Crippen molar-refractivity contribution in [2.75, 3.05) is 6.26 Å². The molecular weight excluding hydrogens is 200 g/mol. The fourth-order valence-corrected chi connectivity index (χ4v) is 1.95. The van der Waals surface area contributed by atoms with Crippen LogP contribution in [-0.4, -0.2) is 28.4 Å². The first-order valence-electron chi connectivity index (χ1n) is 4.70. The number of carboxylic acid groups (broad SMARTS) is 1. The predicted octanol–water partition coefficient (Wildman–Crippen LogP) is 2.20. The molecule has 0 spiro atoms. The molecule has 14 heavy (non-hydrogen) atoms. The molecule has 1 N–H and O–H groups in total. The first-order valence-corrected chi connectivity index (χ1v) is 5.99. The van der Waals surface area contributed by atoms with Crippen LogP contribution in [0, 0.1) is 5.41 Å². The molecule has 0 aliphatic rings. The van der Waals surface area contributed by atoms with Crippen molar-refractivity contribution in [3.05, 3.63) is 0 Å². The van der Waals surface area contributed by atoms with Crippen molar-refractivity contribution in [3.63, 3.8) is 0 Å². The maximum absolute atomic E-state index is 11.7. The second-order valence-corrected chi connectivity index (χ2v) is 4.74. The molecule has 0 aliphatic carbocycles. The zero-order valence-corrected chi connectivity index (χ0v) is 9.98. The van der Waals surface area contributed by atoms with E-state index in [1.165, 1.54) is 18.7 Å². The molecule has 0 aromatic rings. The zero-order valence-electron chi connectivity index (χ0n) is 9.16. The van der Waals surface area contributed by atoms with Crippen molar-refractivity contribution in [2.24, 2.45) is 5.41 Å². The highest BCUT2D eigenvalue weighted by atomic mass is 32.2. The van der Waals surface area contributed by atoms with Gasteiger partial charge in [-0.15, -0.1) is 0 Å². The molecular formula is C10H18O3S. The van der Waals surface area contributed by atoms with Crippen LogP contribution in [-0.2, 0) is 9.59 Å². The molecule has 2 atom stereocenters. The SMILES string of the molecule is CCCC(=O)C(C)(C(=O)O)[C@H](C)SC. The summed E-state index contributed by atoms with van der Waals surface area (Å²) in [6.45, 7) is 5.19. The van der Waals surface area contributed by atoms with E-state index in [-0.39, 0.29) is 11.0 Å². The van der Waals surface area contributed by atoms with Gasteiger partial charge in [-0.05, 0) is 19.6 Å². The molecule has 4 heteroatoms. The van der Waals surface area contributed by atoms with Crippen LogP contribution in [0.2, 0.25) is 0 Å². The molecule has 0 rings (SSSR count). The molecule has 0 saturated heterocycles. The first-order chi connectivity index (χ1) is 6.41. The number of Topliss-reactive ketones (excluding diaryl/α,β-unsaturated/α-hetero) is 1. The average Bonchev–Trinajstić information content (AvgIpc) is 2.15. The number of ketones is 1. The Balaban J connectivity index is 4.89. The zero-order chi connectivity index (χ0) is 11.4. The number of rotatable bonds is 6. The van der Waals surface area contributed by atoms with Crippen molar-refractivity contribution < 1.29 is 14.7 Å². The lowest BCUT2D eigenvalue weighted by Gasteiger charge is -2.28. The summed E-state index contributed by atoms with van der Waals surface area (Å²) in [4.78, 5) is 22.8. The van der Waals surface area contributed by atoms with Gasteiger partial charge in [0.05, 0.1) is 0 Å². The van der Waals surface area contributed by atoms with E-state index in [4.69, 9.17) is 5.11 Å². The second kappa shape index (κ2) is 5.39. The van der Waals surface area contributed by atoms with Crippen LogP contribution in [0.3, 0.4) is 0 Å². The van der Waals surface area contributed by atoms with E-state index in [0.717, 1.165) is 0 Å². The van der Waals surface area contributed by atoms with Crippen LogP contribution >= 0.6 is 11.8 Å². The summed E-state index contributed by atoms with van der Waals surface area (Å²) in [5, 5.41) is 8.90. The third-order valence-corrected chi connectivity index (χ3v) is 3.85. The lowest BCUT2D eigenvalue weighted by atomic mass is 9.81. The fraction of sp³-hybridized carbons (Fsp3) is 0.800. The van der Waals surface area contributed by atoms with Gasteiger partial charge in [0.25, 0.3) is 0 Å². The molecule has 1 unspecified atom stereocenters. The van der Waals surface area contributed by atoms with Crippen LogP contribution in [0.25, 0.3) is 0 Å². The highest BCUT2D eigenvalue weighted by Crippen LogP contribution is 2.32. The number of carbonyl (C=O) groups is 2. The Morgan fingerprint density at radius 3 is 2.29 bits per heavy atom. The summed E-state index contributed by atoms with van der Waals surface area (Å²) >= 11 is 1.41. The minimum atomic E-state index is -1.24. The third-order valence-electron chi connectivity index (χ3n) is 2.67. The maximum atomic E-state index is 11.7. The number of carboxylic acids is 1. The van der Waals surface area contributed by atoms with Gasteiger partial charge in [0, 0.05) is 11.7 Å². The topological polar surface area (TPSA) is 54.4 Å². The lowest BCUT2D eigenvalue weighted by Crippen LogP contribution is -2.43. The minimum absolute atomic E-state index is 0.172. The molecule has 0 aromatic carbocycles. The molecule has 0 amide bonds. The van der Waals surface area contributed by atoms with Crippen molar-refractivity contribution in [1.82, 2.24) is 0 Å². The largest absolute Gasteiger partial charge is 0.480 e. The van der Waals surface area contributed by atoms with Gasteiger partial charge in [0.1, 0.15) is 5.41 Å². The fourth-order valence-electron chi connectivity index (χ4n) is 1.24. The average molecular weight is 218 g/mol. The summed E-state index contributed by atoms with van der Waals surface area (Å²) in [5.41, 5.74) is -1.24. The molecule has 3 nitrogen and oxygen atoms in total. The molecule has 0 bridgehead atoms. The van der Waals surface area contributed by atoms with Crippen molar-refractivity contribution in [2.45, 2.75) is 38.9 Å². The monoisotopic (exact) mass is 218 g/mol. The number of hydrogen-bond acceptors (Lipinski definition) is 3. The molecule has 0 heterocycles. The van der Waals surface area contributed by atoms with Gasteiger partial charge in [-0.2, -0.15) is 11.8 Å². The lowest BCUT2D eigenvalue weighted by molar-refractivity contribution is -0.153. The van der Waals surface area contributed by atoms with Gasteiger partial charge < -0.3 is 5.11 Å². The summed E-state index contributed by atoms with van der Waals surface area (Å²) < 4.78 is 0. The third kappa shape index (κ3) is 2.50. The van der Waals surface area contributed by atoms with Crippen LogP contribution in [0.1, 0.15) is 33.6 Å². The molecule has 0 aromatic heterocycles. The predicted molar refractivity (Wildman–Crippen MR) is 58.6 cm³/mol. The van der Waals surface area contributed by atoms with E-state index in [9.17, 15) is 9.59 Å². The number of carbonyl (C=O) groups excluding carboxylic acids is 1. The van der Waals surface area contributed by atoms with E-state index in [0.29, 0.717) is 12.8 Å². The van der Waals surface area contributed by atoms with Gasteiger partial charge in [0.15, 0.2) is 5.78 Å². The summed E-state index contributed by atoms with van der Waals surface area (Å²) in [5.74, 6) is -1.19. The standard InChI is InChI=1S/C10H18O3S/c1-5-6-8(11)10(3,9(12)13)7(2)14-4/h7H,5-6H2,1-4H3,(H,12,13)/t7-,10?/m0/s1. The van der Waals surface area contributed by atoms with E-state index in [1.807, 2.05) is 13.2 Å². The Bertz CT molecular complexity index is 227. The van der Waals surface area contributed by atoms with E-state index >= 15 is 0 Å². The molecule has 0 saturated carbocycles. The smallest absolute Gasteiger partial charge is 0.318 e. The summed E-state index contributed by atoms with van der Waals surface area (Å²) in [6, 6.07) is 0. The summed E-state index contributed by atoms with van der Waals surface area (Å²) in [7, 11) is 0. The Morgan fingerprint density at radius 1 is 1.50 bits per heavy atom. The van der Waals surface area contributed by atoms with Gasteiger partial charge in [-0.1, -0.05) is 13.8 Å². The Labute approximate surface area is 89.3 Å². The first kappa shape index (κ1) is 13.5. The van der Waals surface area contributed by atoms with E-state index < -0.39 is 11.4 Å². The van der Waals surface area contributed by atoms with Gasteiger partial charge in [-0.3, -0.25) is 9.59 Å². The van der Waals surface area contributed by atoms with Crippen LogP contribution in [0.4, 0.5) is 0 Å². The number of thioether (sulfide) groups is 1. The summed E-state index contributed by atoms with van der Waals surface area (Å²) in [6.07, 6.45) is 2.86. The number of hydrogen-bond donors (Lipinski definition) is 1. The van der Waals surface area contributed by atoms with E-state index in [2.05, 4.69) is 0 Å². The Morgan fingerprint density at radius 2 is 2.00 bits per heavy atom. The van der Waals surface area contributed by atoms with Crippen LogP contribution in [0.15, 0.2) is 0 Å². The van der Waals surface area contributed by atoms with Crippen molar-refractivity contribution in [3.8, 4) is 0 Å². The number of aliphatic carboxylic acids is 1. The molecule has 0 aliphatic heterocycles. The maximum Gasteiger partial charge on any atom is 0.318 e. The van der Waals surface area contributed by atoms with E-state index in [1.54, 1.807) is 6.92 Å². The van der Waals surface area contributed by atoms with Gasteiger partial charge in [-0.25, -0.2) is 0 Å². The van der Waals surface area contributed by atoms with Crippen molar-refractivity contribution >= 4 is 23.5 Å². The van der Waals surface area contributed by atoms with Gasteiger partial charge in [0.2, 0.25) is 0 Å². The normalized spacial score (nSPS) is 17.1. The van der Waals surface area contributed by atoms with Gasteiger partial charge >= 0.3 is 5.97 Å².